The summed E-state index contributed by atoms with van der Waals surface area (Å²) >= 11 is 0. The molecule has 54 valence electrons. The van der Waals surface area contributed by atoms with E-state index in [-0.39, 0.29) is 0 Å². The summed E-state index contributed by atoms with van der Waals surface area (Å²) in [5.41, 5.74) is 1.34. The van der Waals surface area contributed by atoms with Crippen LogP contribution in [0.2, 0.25) is 0 Å². The zero-order chi connectivity index (χ0) is 7.40. The van der Waals surface area contributed by atoms with Crippen molar-refractivity contribution in [3.05, 3.63) is 35.9 Å². The fraction of sp³-hybridized carbons (Fsp3) is 0.333. The molecule has 0 saturated carbocycles. The molecule has 0 saturated heterocycles. The summed E-state index contributed by atoms with van der Waals surface area (Å²) in [7, 11) is 1.97. The largest absolute Gasteiger partial charge is 0.313 e. The summed E-state index contributed by atoms with van der Waals surface area (Å²) < 4.78 is 0. The molecule has 0 bridgehead atoms. The molecule has 1 rings (SSSR count). The average Bonchev–Trinajstić information content (AvgIpc) is 2.05. The number of rotatable bonds is 2. The highest BCUT2D eigenvalue weighted by atomic mass is 14.8. The first-order chi connectivity index (χ1) is 4.84. The highest BCUT2D eigenvalue weighted by molar-refractivity contribution is 5.17. The lowest BCUT2D eigenvalue weighted by Gasteiger charge is -2.08. The zero-order valence-electron chi connectivity index (χ0n) is 6.46. The molecule has 0 heterocycles. The lowest BCUT2D eigenvalue weighted by atomic mass is 10.1. The van der Waals surface area contributed by atoms with Crippen LogP contribution in [0.1, 0.15) is 18.5 Å². The minimum absolute atomic E-state index is 0.459. The Morgan fingerprint density at radius 2 is 1.80 bits per heavy atom. The summed E-state index contributed by atoms with van der Waals surface area (Å²) in [6.45, 7) is 2.15. The van der Waals surface area contributed by atoms with Crippen molar-refractivity contribution in [2.75, 3.05) is 7.05 Å². The van der Waals surface area contributed by atoms with E-state index in [1.165, 1.54) is 5.56 Å². The van der Waals surface area contributed by atoms with Gasteiger partial charge < -0.3 is 5.32 Å². The van der Waals surface area contributed by atoms with E-state index in [9.17, 15) is 0 Å². The van der Waals surface area contributed by atoms with E-state index in [0.717, 1.165) is 0 Å². The maximum absolute atomic E-state index is 3.18. The standard InChI is InChI=1S/C9H13N/c1-8(10-2)9-6-4-3-5-7-9/h3-8,10H,1-2H3/t8-/m1/s1. The minimum Gasteiger partial charge on any atom is -0.313 e. The van der Waals surface area contributed by atoms with Gasteiger partial charge in [0.25, 0.3) is 0 Å². The Bertz CT molecular complexity index is 181. The molecule has 1 heteroatoms. The smallest absolute Gasteiger partial charge is 0.0289 e. The Balaban J connectivity index is 2.75. The molecule has 0 amide bonds. The van der Waals surface area contributed by atoms with Gasteiger partial charge in [0.05, 0.1) is 0 Å². The van der Waals surface area contributed by atoms with Crippen molar-refractivity contribution in [1.29, 1.82) is 0 Å². The number of nitrogens with one attached hydrogen (secondary N) is 1. The van der Waals surface area contributed by atoms with Gasteiger partial charge in [-0.2, -0.15) is 0 Å². The van der Waals surface area contributed by atoms with Gasteiger partial charge in [-0.25, -0.2) is 0 Å². The van der Waals surface area contributed by atoms with Gasteiger partial charge in [-0.1, -0.05) is 30.3 Å². The Morgan fingerprint density at radius 3 is 2.30 bits per heavy atom. The number of benzene rings is 1. The predicted molar refractivity (Wildman–Crippen MR) is 43.9 cm³/mol. The molecule has 0 aromatic heterocycles. The van der Waals surface area contributed by atoms with Gasteiger partial charge in [-0.05, 0) is 19.5 Å². The van der Waals surface area contributed by atoms with Gasteiger partial charge in [0.2, 0.25) is 0 Å². The number of hydrogen-bond donors (Lipinski definition) is 1. The topological polar surface area (TPSA) is 12.0 Å². The van der Waals surface area contributed by atoms with Gasteiger partial charge in [0.15, 0.2) is 0 Å². The van der Waals surface area contributed by atoms with Crippen LogP contribution in [0, 0.1) is 0 Å². The van der Waals surface area contributed by atoms with E-state index in [1.807, 2.05) is 13.1 Å². The first kappa shape index (κ1) is 7.29. The van der Waals surface area contributed by atoms with Crippen LogP contribution in [-0.4, -0.2) is 7.05 Å². The Labute approximate surface area is 62.1 Å². The van der Waals surface area contributed by atoms with Gasteiger partial charge in [0, 0.05) is 6.04 Å². The monoisotopic (exact) mass is 135 g/mol. The van der Waals surface area contributed by atoms with Crippen LogP contribution in [0.4, 0.5) is 0 Å². The van der Waals surface area contributed by atoms with Gasteiger partial charge in [0.1, 0.15) is 0 Å². The molecule has 1 nitrogen and oxygen atoms in total. The third-order valence-corrected chi connectivity index (χ3v) is 1.73. The molecule has 0 aliphatic carbocycles. The summed E-state index contributed by atoms with van der Waals surface area (Å²) in [6.07, 6.45) is 0. The molecule has 1 N–H and O–H groups in total. The molecule has 0 aliphatic rings. The highest BCUT2D eigenvalue weighted by Gasteiger charge is 1.97. The Kier molecular flexibility index (Phi) is 2.46. The van der Waals surface area contributed by atoms with E-state index in [2.05, 4.69) is 36.5 Å². The van der Waals surface area contributed by atoms with Gasteiger partial charge in [-0.15, -0.1) is 0 Å². The minimum atomic E-state index is 0.459. The van der Waals surface area contributed by atoms with Crippen molar-refractivity contribution in [2.45, 2.75) is 13.0 Å². The van der Waals surface area contributed by atoms with E-state index in [4.69, 9.17) is 0 Å². The molecule has 1 atom stereocenters. The second-order valence-corrected chi connectivity index (χ2v) is 2.42. The quantitative estimate of drug-likeness (QED) is 0.653. The van der Waals surface area contributed by atoms with Crippen LogP contribution in [0.5, 0.6) is 0 Å². The average molecular weight is 135 g/mol. The molecule has 0 radical (unpaired) electrons. The van der Waals surface area contributed by atoms with Crippen LogP contribution in [0.15, 0.2) is 30.3 Å². The first-order valence-electron chi connectivity index (χ1n) is 3.57. The Morgan fingerprint density at radius 1 is 1.20 bits per heavy atom. The molecule has 10 heavy (non-hydrogen) atoms. The summed E-state index contributed by atoms with van der Waals surface area (Å²) in [5, 5.41) is 3.18. The highest BCUT2D eigenvalue weighted by Crippen LogP contribution is 2.09. The van der Waals surface area contributed by atoms with Crippen LogP contribution < -0.4 is 5.32 Å². The van der Waals surface area contributed by atoms with E-state index >= 15 is 0 Å². The summed E-state index contributed by atoms with van der Waals surface area (Å²) in [6, 6.07) is 10.9. The van der Waals surface area contributed by atoms with Crippen molar-refractivity contribution in [2.24, 2.45) is 0 Å². The van der Waals surface area contributed by atoms with Crippen LogP contribution in [0.3, 0.4) is 0 Å². The van der Waals surface area contributed by atoms with E-state index < -0.39 is 0 Å². The molecular weight excluding hydrogens is 122 g/mol. The summed E-state index contributed by atoms with van der Waals surface area (Å²) in [4.78, 5) is 0. The lowest BCUT2D eigenvalue weighted by molar-refractivity contribution is 0.652. The molecular formula is C9H13N. The third-order valence-electron chi connectivity index (χ3n) is 1.73. The zero-order valence-corrected chi connectivity index (χ0v) is 6.46. The molecule has 0 spiro atoms. The maximum Gasteiger partial charge on any atom is 0.0289 e. The van der Waals surface area contributed by atoms with Crippen molar-refractivity contribution in [3.63, 3.8) is 0 Å². The number of hydrogen-bond acceptors (Lipinski definition) is 1. The van der Waals surface area contributed by atoms with Crippen LogP contribution >= 0.6 is 0 Å². The third kappa shape index (κ3) is 1.58. The fourth-order valence-corrected chi connectivity index (χ4v) is 0.908. The molecule has 1 aromatic rings. The first-order valence-corrected chi connectivity index (χ1v) is 3.57. The van der Waals surface area contributed by atoms with Gasteiger partial charge in [-0.3, -0.25) is 0 Å². The van der Waals surface area contributed by atoms with E-state index in [0.29, 0.717) is 6.04 Å². The fourth-order valence-electron chi connectivity index (χ4n) is 0.908. The second-order valence-electron chi connectivity index (χ2n) is 2.42. The predicted octanol–water partition coefficient (Wildman–Crippen LogP) is 1.97. The maximum atomic E-state index is 3.18. The van der Waals surface area contributed by atoms with Gasteiger partial charge >= 0.3 is 0 Å². The van der Waals surface area contributed by atoms with E-state index in [1.54, 1.807) is 0 Å². The van der Waals surface area contributed by atoms with Crippen molar-refractivity contribution in [3.8, 4) is 0 Å². The summed E-state index contributed by atoms with van der Waals surface area (Å²) in [5.74, 6) is 0. The van der Waals surface area contributed by atoms with Crippen LogP contribution in [0.25, 0.3) is 0 Å². The normalized spacial score (nSPS) is 13.0. The molecule has 0 fully saturated rings. The van der Waals surface area contributed by atoms with Crippen molar-refractivity contribution < 1.29 is 0 Å². The molecule has 0 aliphatic heterocycles. The van der Waals surface area contributed by atoms with Crippen molar-refractivity contribution >= 4 is 0 Å². The van der Waals surface area contributed by atoms with Crippen LogP contribution in [-0.2, 0) is 0 Å². The van der Waals surface area contributed by atoms with Crippen molar-refractivity contribution in [1.82, 2.24) is 5.32 Å². The molecule has 0 unspecified atom stereocenters. The Hall–Kier alpha value is -0.820. The second kappa shape index (κ2) is 3.37. The SMILES string of the molecule is CN[C@H](C)c1ccccc1. The lowest BCUT2D eigenvalue weighted by Crippen LogP contribution is -2.11. The molecule has 1 aromatic carbocycles.